The molecule has 0 bridgehead atoms. The van der Waals surface area contributed by atoms with Crippen molar-refractivity contribution in [2.75, 3.05) is 31.1 Å². The molecule has 2 saturated heterocycles. The van der Waals surface area contributed by atoms with Crippen LogP contribution in [0.15, 0.2) is 59.5 Å². The van der Waals surface area contributed by atoms with E-state index in [9.17, 15) is 14.0 Å². The lowest BCUT2D eigenvalue weighted by molar-refractivity contribution is -0.137. The Hall–Kier alpha value is -2.80. The zero-order chi connectivity index (χ0) is 22.8. The van der Waals surface area contributed by atoms with Gasteiger partial charge in [0.2, 0.25) is 5.91 Å². The highest BCUT2D eigenvalue weighted by atomic mass is 32.2. The van der Waals surface area contributed by atoms with Crippen LogP contribution in [0.2, 0.25) is 0 Å². The molecular formula is C26H28FN3O2S. The molecule has 7 heteroatoms. The first-order valence-corrected chi connectivity index (χ1v) is 12.5. The second-order valence-corrected chi connectivity index (χ2v) is 10.2. The van der Waals surface area contributed by atoms with Crippen LogP contribution in [0.3, 0.4) is 0 Å². The summed E-state index contributed by atoms with van der Waals surface area (Å²) in [6, 6.07) is 16.8. The molecule has 1 N–H and O–H groups in total. The van der Waals surface area contributed by atoms with Crippen molar-refractivity contribution in [3.8, 4) is 0 Å². The van der Waals surface area contributed by atoms with E-state index in [1.165, 1.54) is 23.5 Å². The molecule has 1 aliphatic carbocycles. The maximum Gasteiger partial charge on any atom is 0.257 e. The number of piperazine rings is 1. The Labute approximate surface area is 198 Å². The molecule has 2 amide bonds. The molecule has 1 saturated carbocycles. The van der Waals surface area contributed by atoms with Gasteiger partial charge in [0.05, 0.1) is 4.91 Å². The Kier molecular flexibility index (Phi) is 6.40. The van der Waals surface area contributed by atoms with Gasteiger partial charge in [-0.2, -0.15) is 0 Å². The molecule has 0 spiro atoms. The van der Waals surface area contributed by atoms with Gasteiger partial charge in [-0.1, -0.05) is 36.4 Å². The van der Waals surface area contributed by atoms with E-state index in [1.807, 2.05) is 23.1 Å². The number of rotatable bonds is 3. The molecule has 0 radical (unpaired) electrons. The van der Waals surface area contributed by atoms with Crippen LogP contribution in [0, 0.1) is 11.7 Å². The van der Waals surface area contributed by atoms with Gasteiger partial charge < -0.3 is 15.1 Å². The molecule has 5 rings (SSSR count). The lowest BCUT2D eigenvalue weighted by Crippen LogP contribution is -2.54. The van der Waals surface area contributed by atoms with Gasteiger partial charge in [0.15, 0.2) is 0 Å². The average molecular weight is 466 g/mol. The van der Waals surface area contributed by atoms with Crippen LogP contribution in [-0.4, -0.2) is 54.2 Å². The number of anilines is 1. The van der Waals surface area contributed by atoms with Crippen molar-refractivity contribution >= 4 is 35.3 Å². The normalized spacial score (nSPS) is 26.6. The molecule has 5 nitrogen and oxygen atoms in total. The Morgan fingerprint density at radius 3 is 2.48 bits per heavy atom. The first-order chi connectivity index (χ1) is 16.1. The standard InChI is InChI=1S/C26H28FN3O2S/c27-21-9-5-4-6-18(21)17-24-25(31)28-22-16-19(10-11-23(22)33-24)26(32)30-14-12-29(13-15-30)20-7-2-1-3-8-20/h1-9,17,19,22-23H,10-16H2,(H,28,31)/b24-17+. The van der Waals surface area contributed by atoms with Gasteiger partial charge >= 0.3 is 0 Å². The zero-order valence-corrected chi connectivity index (χ0v) is 19.3. The number of hydrogen-bond acceptors (Lipinski definition) is 4. The van der Waals surface area contributed by atoms with Gasteiger partial charge in [0.1, 0.15) is 5.82 Å². The largest absolute Gasteiger partial charge is 0.368 e. The van der Waals surface area contributed by atoms with E-state index in [0.29, 0.717) is 16.9 Å². The Morgan fingerprint density at radius 2 is 1.73 bits per heavy atom. The second-order valence-electron chi connectivity index (χ2n) is 8.92. The highest BCUT2D eigenvalue weighted by Gasteiger charge is 2.41. The van der Waals surface area contributed by atoms with Crippen LogP contribution in [-0.2, 0) is 9.59 Å². The topological polar surface area (TPSA) is 52.7 Å². The second kappa shape index (κ2) is 9.59. The van der Waals surface area contributed by atoms with Crippen molar-refractivity contribution in [2.24, 2.45) is 5.92 Å². The van der Waals surface area contributed by atoms with E-state index in [-0.39, 0.29) is 34.8 Å². The molecule has 33 heavy (non-hydrogen) atoms. The Bertz CT molecular complexity index is 1050. The van der Waals surface area contributed by atoms with E-state index >= 15 is 0 Å². The molecule has 2 aromatic rings. The highest BCUT2D eigenvalue weighted by molar-refractivity contribution is 8.04. The number of carbonyl (C=O) groups excluding carboxylic acids is 2. The number of fused-ring (bicyclic) bond motifs is 1. The van der Waals surface area contributed by atoms with Crippen molar-refractivity contribution in [3.05, 3.63) is 70.9 Å². The summed E-state index contributed by atoms with van der Waals surface area (Å²) in [5.41, 5.74) is 1.62. The third kappa shape index (κ3) is 4.78. The predicted octanol–water partition coefficient (Wildman–Crippen LogP) is 3.92. The quantitative estimate of drug-likeness (QED) is 0.699. The number of nitrogens with one attached hydrogen (secondary N) is 1. The first kappa shape index (κ1) is 22.0. The summed E-state index contributed by atoms with van der Waals surface area (Å²) in [7, 11) is 0. The van der Waals surface area contributed by atoms with E-state index in [4.69, 9.17) is 0 Å². The monoisotopic (exact) mass is 465 g/mol. The predicted molar refractivity (Wildman–Crippen MR) is 130 cm³/mol. The lowest BCUT2D eigenvalue weighted by atomic mass is 9.84. The fourth-order valence-electron chi connectivity index (χ4n) is 5.03. The van der Waals surface area contributed by atoms with Gasteiger partial charge in [0, 0.05) is 54.6 Å². The minimum absolute atomic E-state index is 0.0198. The summed E-state index contributed by atoms with van der Waals surface area (Å²) in [6.07, 6.45) is 4.00. The summed E-state index contributed by atoms with van der Waals surface area (Å²) in [5.74, 6) is -0.336. The molecule has 3 fully saturated rings. The number of thioether (sulfide) groups is 1. The maximum atomic E-state index is 14.0. The molecule has 172 valence electrons. The van der Waals surface area contributed by atoms with Gasteiger partial charge in [-0.05, 0) is 43.5 Å². The fraction of sp³-hybridized carbons (Fsp3) is 0.385. The van der Waals surface area contributed by atoms with Crippen LogP contribution < -0.4 is 10.2 Å². The SMILES string of the molecule is O=C1NC2CC(C(=O)N3CCN(c4ccccc4)CC3)CCC2S/C1=C/c1ccccc1F. The molecule has 2 heterocycles. The molecule has 3 aliphatic rings. The van der Waals surface area contributed by atoms with Crippen LogP contribution in [0.5, 0.6) is 0 Å². The minimum atomic E-state index is -0.331. The molecule has 3 atom stereocenters. The van der Waals surface area contributed by atoms with Crippen molar-refractivity contribution in [2.45, 2.75) is 30.6 Å². The molecule has 2 aliphatic heterocycles. The summed E-state index contributed by atoms with van der Waals surface area (Å²) in [5, 5.41) is 3.32. The molecule has 0 aromatic heterocycles. The van der Waals surface area contributed by atoms with E-state index < -0.39 is 0 Å². The summed E-state index contributed by atoms with van der Waals surface area (Å²) >= 11 is 1.53. The average Bonchev–Trinajstić information content (AvgIpc) is 2.86. The highest BCUT2D eigenvalue weighted by Crippen LogP contribution is 2.40. The Balaban J connectivity index is 1.18. The number of para-hydroxylation sites is 1. The molecule has 3 unspecified atom stereocenters. The van der Waals surface area contributed by atoms with Crippen LogP contribution >= 0.6 is 11.8 Å². The summed E-state index contributed by atoms with van der Waals surface area (Å²) < 4.78 is 14.0. The number of carbonyl (C=O) groups is 2. The van der Waals surface area contributed by atoms with Gasteiger partial charge in [-0.25, -0.2) is 4.39 Å². The summed E-state index contributed by atoms with van der Waals surface area (Å²) in [4.78, 5) is 30.8. The zero-order valence-electron chi connectivity index (χ0n) is 18.5. The van der Waals surface area contributed by atoms with E-state index in [0.717, 1.165) is 39.0 Å². The van der Waals surface area contributed by atoms with Crippen molar-refractivity contribution in [3.63, 3.8) is 0 Å². The Morgan fingerprint density at radius 1 is 1.00 bits per heavy atom. The third-order valence-electron chi connectivity index (χ3n) is 6.86. The van der Waals surface area contributed by atoms with Gasteiger partial charge in [0.25, 0.3) is 5.91 Å². The van der Waals surface area contributed by atoms with Crippen LogP contribution in [0.1, 0.15) is 24.8 Å². The van der Waals surface area contributed by atoms with Gasteiger partial charge in [-0.3, -0.25) is 9.59 Å². The number of hydrogen-bond donors (Lipinski definition) is 1. The number of benzene rings is 2. The third-order valence-corrected chi connectivity index (χ3v) is 8.28. The smallest absolute Gasteiger partial charge is 0.257 e. The van der Waals surface area contributed by atoms with E-state index in [1.54, 1.807) is 24.3 Å². The van der Waals surface area contributed by atoms with Gasteiger partial charge in [-0.15, -0.1) is 11.8 Å². The summed E-state index contributed by atoms with van der Waals surface area (Å²) in [6.45, 7) is 3.14. The van der Waals surface area contributed by atoms with Crippen molar-refractivity contribution < 1.29 is 14.0 Å². The maximum absolute atomic E-state index is 14.0. The number of nitrogens with zero attached hydrogens (tertiary/aromatic N) is 2. The lowest BCUT2D eigenvalue weighted by Gasteiger charge is -2.42. The van der Waals surface area contributed by atoms with E-state index in [2.05, 4.69) is 22.3 Å². The van der Waals surface area contributed by atoms with Crippen molar-refractivity contribution in [1.29, 1.82) is 0 Å². The number of amides is 2. The van der Waals surface area contributed by atoms with Crippen molar-refractivity contribution in [1.82, 2.24) is 10.2 Å². The van der Waals surface area contributed by atoms with Crippen LogP contribution in [0.4, 0.5) is 10.1 Å². The first-order valence-electron chi connectivity index (χ1n) is 11.6. The fourth-order valence-corrected chi connectivity index (χ4v) is 6.32. The van der Waals surface area contributed by atoms with Crippen LogP contribution in [0.25, 0.3) is 6.08 Å². The molecular weight excluding hydrogens is 437 g/mol. The number of halogens is 1. The minimum Gasteiger partial charge on any atom is -0.368 e. The molecule has 2 aromatic carbocycles.